The summed E-state index contributed by atoms with van der Waals surface area (Å²) in [7, 11) is 0. The Hall–Kier alpha value is -2.35. The van der Waals surface area contributed by atoms with Crippen molar-refractivity contribution >= 4 is 10.8 Å². The predicted molar refractivity (Wildman–Crippen MR) is 72.5 cm³/mol. The largest absolute Gasteiger partial charge is 0.489 e. The molecule has 0 aliphatic rings. The van der Waals surface area contributed by atoms with Gasteiger partial charge in [0.1, 0.15) is 12.4 Å². The van der Waals surface area contributed by atoms with Crippen LogP contribution in [0.15, 0.2) is 67.0 Å². The molecule has 0 saturated carbocycles. The molecule has 0 bridgehead atoms. The molecule has 0 fully saturated rings. The zero-order valence-corrected chi connectivity index (χ0v) is 9.91. The Morgan fingerprint density at radius 2 is 1.78 bits per heavy atom. The fourth-order valence-corrected chi connectivity index (χ4v) is 1.91. The molecule has 0 spiro atoms. The number of benzene rings is 2. The minimum atomic E-state index is 0.548. The highest BCUT2D eigenvalue weighted by molar-refractivity contribution is 5.83. The minimum absolute atomic E-state index is 0.548. The number of fused-ring (bicyclic) bond motifs is 1. The Labute approximate surface area is 106 Å². The Morgan fingerprint density at radius 1 is 0.889 bits per heavy atom. The molecule has 0 unspecified atom stereocenters. The van der Waals surface area contributed by atoms with Crippen molar-refractivity contribution in [2.75, 3.05) is 0 Å². The van der Waals surface area contributed by atoms with E-state index < -0.39 is 0 Å². The number of nitrogens with zero attached hydrogens (tertiary/aromatic N) is 1. The van der Waals surface area contributed by atoms with E-state index in [9.17, 15) is 0 Å². The molecule has 0 amide bonds. The summed E-state index contributed by atoms with van der Waals surface area (Å²) in [5, 5.41) is 2.42. The van der Waals surface area contributed by atoms with E-state index in [1.807, 2.05) is 36.5 Å². The third-order valence-corrected chi connectivity index (χ3v) is 2.85. The van der Waals surface area contributed by atoms with E-state index in [1.165, 1.54) is 10.8 Å². The maximum atomic E-state index is 5.76. The van der Waals surface area contributed by atoms with Gasteiger partial charge in [0.25, 0.3) is 0 Å². The lowest BCUT2D eigenvalue weighted by Crippen LogP contribution is -1.95. The molecule has 3 aromatic rings. The summed E-state index contributed by atoms with van der Waals surface area (Å²) in [5.41, 5.74) is 1.07. The van der Waals surface area contributed by atoms with Gasteiger partial charge in [-0.25, -0.2) is 0 Å². The van der Waals surface area contributed by atoms with Gasteiger partial charge in [-0.15, -0.1) is 0 Å². The minimum Gasteiger partial charge on any atom is -0.489 e. The summed E-state index contributed by atoms with van der Waals surface area (Å²) in [4.78, 5) is 4.07. The van der Waals surface area contributed by atoms with E-state index in [2.05, 4.69) is 29.2 Å². The fourth-order valence-electron chi connectivity index (χ4n) is 1.91. The molecule has 0 radical (unpaired) electrons. The molecule has 2 nitrogen and oxygen atoms in total. The SMILES string of the molecule is c1cncc(COc2ccc3ccccc3c2)c1. The normalized spacial score (nSPS) is 10.4. The van der Waals surface area contributed by atoms with E-state index in [0.717, 1.165) is 11.3 Å². The van der Waals surface area contributed by atoms with Crippen LogP contribution in [0.25, 0.3) is 10.8 Å². The topological polar surface area (TPSA) is 22.1 Å². The van der Waals surface area contributed by atoms with Crippen molar-refractivity contribution in [3.05, 3.63) is 72.6 Å². The van der Waals surface area contributed by atoms with Crippen LogP contribution >= 0.6 is 0 Å². The van der Waals surface area contributed by atoms with E-state index in [0.29, 0.717) is 6.61 Å². The summed E-state index contributed by atoms with van der Waals surface area (Å²) in [6.07, 6.45) is 3.58. The van der Waals surface area contributed by atoms with Crippen molar-refractivity contribution in [2.45, 2.75) is 6.61 Å². The zero-order valence-electron chi connectivity index (χ0n) is 9.91. The smallest absolute Gasteiger partial charge is 0.120 e. The van der Waals surface area contributed by atoms with Crippen molar-refractivity contribution in [2.24, 2.45) is 0 Å². The number of aromatic nitrogens is 1. The van der Waals surface area contributed by atoms with E-state index in [-0.39, 0.29) is 0 Å². The Kier molecular flexibility index (Phi) is 2.92. The third kappa shape index (κ3) is 2.33. The lowest BCUT2D eigenvalue weighted by atomic mass is 10.1. The molecule has 0 aliphatic carbocycles. The Balaban J connectivity index is 1.79. The standard InChI is InChI=1S/C16H13NO/c1-2-6-15-10-16(8-7-14(15)5-1)18-12-13-4-3-9-17-11-13/h1-11H,12H2. The van der Waals surface area contributed by atoms with E-state index in [1.54, 1.807) is 6.20 Å². The van der Waals surface area contributed by atoms with Crippen molar-refractivity contribution in [3.63, 3.8) is 0 Å². The molecule has 2 heteroatoms. The lowest BCUT2D eigenvalue weighted by molar-refractivity contribution is 0.306. The van der Waals surface area contributed by atoms with Crippen LogP contribution in [-0.4, -0.2) is 4.98 Å². The first-order chi connectivity index (χ1) is 8.92. The maximum Gasteiger partial charge on any atom is 0.120 e. The molecule has 3 rings (SSSR count). The molecular weight excluding hydrogens is 222 g/mol. The summed E-state index contributed by atoms with van der Waals surface area (Å²) >= 11 is 0. The highest BCUT2D eigenvalue weighted by Crippen LogP contribution is 2.21. The molecule has 2 aromatic carbocycles. The Bertz CT molecular complexity index is 649. The number of pyridine rings is 1. The van der Waals surface area contributed by atoms with Crippen LogP contribution in [0.3, 0.4) is 0 Å². The van der Waals surface area contributed by atoms with Gasteiger partial charge in [-0.05, 0) is 29.0 Å². The molecule has 88 valence electrons. The van der Waals surface area contributed by atoms with Crippen LogP contribution in [-0.2, 0) is 6.61 Å². The molecule has 1 heterocycles. The second kappa shape index (κ2) is 4.88. The first-order valence-electron chi connectivity index (χ1n) is 5.92. The maximum absolute atomic E-state index is 5.76. The first kappa shape index (κ1) is 10.8. The van der Waals surface area contributed by atoms with Crippen LogP contribution in [0.1, 0.15) is 5.56 Å². The molecule has 0 saturated heterocycles. The fraction of sp³-hybridized carbons (Fsp3) is 0.0625. The van der Waals surface area contributed by atoms with Gasteiger partial charge in [-0.2, -0.15) is 0 Å². The summed E-state index contributed by atoms with van der Waals surface area (Å²) in [6, 6.07) is 18.3. The van der Waals surface area contributed by atoms with Crippen LogP contribution in [0.2, 0.25) is 0 Å². The van der Waals surface area contributed by atoms with Crippen LogP contribution in [0.5, 0.6) is 5.75 Å². The Morgan fingerprint density at radius 3 is 2.61 bits per heavy atom. The lowest BCUT2D eigenvalue weighted by Gasteiger charge is -2.07. The van der Waals surface area contributed by atoms with Gasteiger partial charge in [0.2, 0.25) is 0 Å². The predicted octanol–water partition coefficient (Wildman–Crippen LogP) is 3.81. The van der Waals surface area contributed by atoms with Crippen LogP contribution in [0, 0.1) is 0 Å². The quantitative estimate of drug-likeness (QED) is 0.688. The summed E-state index contributed by atoms with van der Waals surface area (Å²) < 4.78 is 5.76. The van der Waals surface area contributed by atoms with Crippen molar-refractivity contribution in [1.82, 2.24) is 4.98 Å². The van der Waals surface area contributed by atoms with Gasteiger partial charge in [0.05, 0.1) is 0 Å². The monoisotopic (exact) mass is 235 g/mol. The second-order valence-electron chi connectivity index (χ2n) is 4.16. The third-order valence-electron chi connectivity index (χ3n) is 2.85. The summed E-state index contributed by atoms with van der Waals surface area (Å²) in [6.45, 7) is 0.548. The van der Waals surface area contributed by atoms with Crippen molar-refractivity contribution < 1.29 is 4.74 Å². The molecule has 0 aliphatic heterocycles. The van der Waals surface area contributed by atoms with Gasteiger partial charge in [0, 0.05) is 18.0 Å². The molecule has 0 N–H and O–H groups in total. The van der Waals surface area contributed by atoms with Crippen molar-refractivity contribution in [1.29, 1.82) is 0 Å². The first-order valence-corrected chi connectivity index (χ1v) is 5.92. The van der Waals surface area contributed by atoms with Gasteiger partial charge in [-0.1, -0.05) is 36.4 Å². The average molecular weight is 235 g/mol. The van der Waals surface area contributed by atoms with Gasteiger partial charge in [-0.3, -0.25) is 4.98 Å². The molecule has 1 aromatic heterocycles. The molecular formula is C16H13NO. The molecule has 0 atom stereocenters. The van der Waals surface area contributed by atoms with Crippen molar-refractivity contribution in [3.8, 4) is 5.75 Å². The van der Waals surface area contributed by atoms with E-state index >= 15 is 0 Å². The van der Waals surface area contributed by atoms with E-state index in [4.69, 9.17) is 4.74 Å². The number of rotatable bonds is 3. The zero-order chi connectivity index (χ0) is 12.2. The summed E-state index contributed by atoms with van der Waals surface area (Å²) in [5.74, 6) is 0.887. The van der Waals surface area contributed by atoms with Gasteiger partial charge >= 0.3 is 0 Å². The second-order valence-corrected chi connectivity index (χ2v) is 4.16. The average Bonchev–Trinajstić information content (AvgIpc) is 2.46. The number of ether oxygens (including phenoxy) is 1. The number of hydrogen-bond acceptors (Lipinski definition) is 2. The highest BCUT2D eigenvalue weighted by Gasteiger charge is 1.98. The van der Waals surface area contributed by atoms with Crippen LogP contribution in [0.4, 0.5) is 0 Å². The molecule has 18 heavy (non-hydrogen) atoms. The van der Waals surface area contributed by atoms with Gasteiger partial charge < -0.3 is 4.74 Å². The number of hydrogen-bond donors (Lipinski definition) is 0. The highest BCUT2D eigenvalue weighted by atomic mass is 16.5. The van der Waals surface area contributed by atoms with Gasteiger partial charge in [0.15, 0.2) is 0 Å². The van der Waals surface area contributed by atoms with Crippen LogP contribution < -0.4 is 4.74 Å².